The average molecular weight is 395 g/mol. The maximum atomic E-state index is 11.0. The Bertz CT molecular complexity index is 1220. The number of nitro groups is 1. The van der Waals surface area contributed by atoms with Crippen molar-refractivity contribution in [3.8, 4) is 17.2 Å². The summed E-state index contributed by atoms with van der Waals surface area (Å²) < 4.78 is 5.73. The van der Waals surface area contributed by atoms with Gasteiger partial charge in [-0.1, -0.05) is 11.6 Å². The minimum atomic E-state index is -0.708. The zero-order valence-electron chi connectivity index (χ0n) is 14.1. The quantitative estimate of drug-likeness (QED) is 0.299. The summed E-state index contributed by atoms with van der Waals surface area (Å²) in [4.78, 5) is 22.9. The van der Waals surface area contributed by atoms with Crippen molar-refractivity contribution < 1.29 is 14.4 Å². The highest BCUT2D eigenvalue weighted by Gasteiger charge is 2.17. The van der Waals surface area contributed by atoms with Gasteiger partial charge in [0, 0.05) is 40.8 Å². The predicted molar refractivity (Wildman–Crippen MR) is 104 cm³/mol. The first-order chi connectivity index (χ1) is 13.5. The number of nitrogens with zero attached hydrogens (tertiary/aromatic N) is 4. The summed E-state index contributed by atoms with van der Waals surface area (Å²) in [5, 5.41) is 21.1. The van der Waals surface area contributed by atoms with Gasteiger partial charge in [0.2, 0.25) is 11.6 Å². The maximum absolute atomic E-state index is 11.0. The zero-order valence-corrected chi connectivity index (χ0v) is 14.9. The van der Waals surface area contributed by atoms with Crippen LogP contribution in [0.3, 0.4) is 0 Å². The normalized spacial score (nSPS) is 11.3. The monoisotopic (exact) mass is 394 g/mol. The van der Waals surface area contributed by atoms with Crippen molar-refractivity contribution in [2.45, 2.75) is 0 Å². The summed E-state index contributed by atoms with van der Waals surface area (Å²) in [7, 11) is 0. The second-order valence-corrected chi connectivity index (χ2v) is 6.22. The molecule has 0 aliphatic heterocycles. The Morgan fingerprint density at radius 2 is 1.96 bits per heavy atom. The molecule has 0 spiro atoms. The number of halogens is 1. The molecule has 0 amide bonds. The lowest BCUT2D eigenvalue weighted by Crippen LogP contribution is -1.92. The van der Waals surface area contributed by atoms with Crippen LogP contribution in [0.15, 0.2) is 64.3 Å². The molecule has 0 saturated heterocycles. The Labute approximate surface area is 162 Å². The van der Waals surface area contributed by atoms with E-state index in [2.05, 4.69) is 15.0 Å². The number of hydrogen-bond acceptors (Lipinski definition) is 7. The van der Waals surface area contributed by atoms with E-state index in [9.17, 15) is 15.2 Å². The number of aromatic nitrogens is 2. The largest absolute Gasteiger partial charge is 0.502 e. The average Bonchev–Trinajstić information content (AvgIpc) is 3.12. The standard InChI is InChI=1S/C19H11ClN4O4/c20-13-7-12(18(25)16(8-13)24(26)27)10-22-14-1-2-17-15(9-14)23-19(28-17)11-3-5-21-6-4-11/h1-10,25H. The number of phenols is 1. The van der Waals surface area contributed by atoms with Crippen molar-refractivity contribution >= 4 is 40.3 Å². The van der Waals surface area contributed by atoms with Gasteiger partial charge in [0.1, 0.15) is 5.52 Å². The Balaban J connectivity index is 1.68. The minimum Gasteiger partial charge on any atom is -0.502 e. The summed E-state index contributed by atoms with van der Waals surface area (Å²) in [6.07, 6.45) is 4.60. The molecular formula is C19H11ClN4O4. The number of fused-ring (bicyclic) bond motifs is 1. The van der Waals surface area contributed by atoms with Crippen molar-refractivity contribution in [1.29, 1.82) is 0 Å². The minimum absolute atomic E-state index is 0.125. The van der Waals surface area contributed by atoms with Gasteiger partial charge in [0.15, 0.2) is 5.58 Å². The number of benzene rings is 2. The number of nitro benzene ring substituents is 1. The Hall–Kier alpha value is -3.78. The highest BCUT2D eigenvalue weighted by atomic mass is 35.5. The molecule has 0 saturated carbocycles. The molecule has 0 unspecified atom stereocenters. The van der Waals surface area contributed by atoms with E-state index in [1.807, 2.05) is 0 Å². The van der Waals surface area contributed by atoms with E-state index in [4.69, 9.17) is 16.0 Å². The summed E-state index contributed by atoms with van der Waals surface area (Å²) in [6, 6.07) is 11.2. The summed E-state index contributed by atoms with van der Waals surface area (Å²) >= 11 is 5.88. The van der Waals surface area contributed by atoms with Gasteiger partial charge in [-0.05, 0) is 36.4 Å². The van der Waals surface area contributed by atoms with E-state index in [-0.39, 0.29) is 10.6 Å². The number of aliphatic imine (C=N–C) groups is 1. The second-order valence-electron chi connectivity index (χ2n) is 5.78. The number of rotatable bonds is 4. The van der Waals surface area contributed by atoms with Crippen molar-refractivity contribution in [2.24, 2.45) is 4.99 Å². The van der Waals surface area contributed by atoms with Gasteiger partial charge in [-0.3, -0.25) is 20.1 Å². The van der Waals surface area contributed by atoms with E-state index in [0.717, 1.165) is 11.6 Å². The number of oxazole rings is 1. The molecular weight excluding hydrogens is 384 g/mol. The van der Waals surface area contributed by atoms with Crippen LogP contribution in [0.4, 0.5) is 11.4 Å². The van der Waals surface area contributed by atoms with Crippen LogP contribution in [0.25, 0.3) is 22.6 Å². The molecule has 0 aliphatic rings. The molecule has 0 radical (unpaired) electrons. The third-order valence-electron chi connectivity index (χ3n) is 3.93. The molecule has 0 fully saturated rings. The van der Waals surface area contributed by atoms with Gasteiger partial charge < -0.3 is 9.52 Å². The van der Waals surface area contributed by atoms with Gasteiger partial charge in [0.05, 0.1) is 10.6 Å². The van der Waals surface area contributed by atoms with Gasteiger partial charge in [-0.15, -0.1) is 0 Å². The van der Waals surface area contributed by atoms with Crippen LogP contribution < -0.4 is 0 Å². The van der Waals surface area contributed by atoms with E-state index in [1.165, 1.54) is 12.3 Å². The maximum Gasteiger partial charge on any atom is 0.312 e. The van der Waals surface area contributed by atoms with E-state index < -0.39 is 16.4 Å². The lowest BCUT2D eigenvalue weighted by Gasteiger charge is -2.01. The second kappa shape index (κ2) is 7.09. The van der Waals surface area contributed by atoms with Crippen molar-refractivity contribution in [3.05, 3.63) is 75.6 Å². The van der Waals surface area contributed by atoms with Crippen LogP contribution in [-0.4, -0.2) is 26.2 Å². The highest BCUT2D eigenvalue weighted by Crippen LogP contribution is 2.33. The molecule has 4 aromatic rings. The van der Waals surface area contributed by atoms with Gasteiger partial charge >= 0.3 is 5.69 Å². The molecule has 4 rings (SSSR count). The smallest absolute Gasteiger partial charge is 0.312 e. The number of pyridine rings is 1. The lowest BCUT2D eigenvalue weighted by molar-refractivity contribution is -0.385. The molecule has 0 aliphatic carbocycles. The Morgan fingerprint density at radius 1 is 1.18 bits per heavy atom. The van der Waals surface area contributed by atoms with Crippen LogP contribution >= 0.6 is 11.6 Å². The van der Waals surface area contributed by atoms with E-state index in [1.54, 1.807) is 42.7 Å². The molecule has 28 heavy (non-hydrogen) atoms. The molecule has 2 heterocycles. The fourth-order valence-corrected chi connectivity index (χ4v) is 2.82. The number of phenolic OH excluding ortho intramolecular Hbond substituents is 1. The van der Waals surface area contributed by atoms with Crippen molar-refractivity contribution in [2.75, 3.05) is 0 Å². The Morgan fingerprint density at radius 3 is 2.71 bits per heavy atom. The summed E-state index contributed by atoms with van der Waals surface area (Å²) in [5.74, 6) is -0.0396. The van der Waals surface area contributed by atoms with Crippen LogP contribution in [0.1, 0.15) is 5.56 Å². The lowest BCUT2D eigenvalue weighted by atomic mass is 10.2. The van der Waals surface area contributed by atoms with Crippen LogP contribution in [0, 0.1) is 10.1 Å². The summed E-state index contributed by atoms with van der Waals surface area (Å²) in [6.45, 7) is 0. The fourth-order valence-electron chi connectivity index (χ4n) is 2.60. The van der Waals surface area contributed by atoms with Crippen LogP contribution in [-0.2, 0) is 0 Å². The van der Waals surface area contributed by atoms with Gasteiger partial charge in [0.25, 0.3) is 0 Å². The first kappa shape index (κ1) is 17.6. The molecule has 2 aromatic heterocycles. The topological polar surface area (TPSA) is 115 Å². The first-order valence-corrected chi connectivity index (χ1v) is 8.41. The third-order valence-corrected chi connectivity index (χ3v) is 4.15. The van der Waals surface area contributed by atoms with Crippen molar-refractivity contribution in [1.82, 2.24) is 9.97 Å². The van der Waals surface area contributed by atoms with Crippen molar-refractivity contribution in [3.63, 3.8) is 0 Å². The van der Waals surface area contributed by atoms with Gasteiger partial charge in [-0.25, -0.2) is 4.98 Å². The molecule has 0 bridgehead atoms. The third kappa shape index (κ3) is 3.40. The molecule has 138 valence electrons. The number of aromatic hydroxyl groups is 1. The van der Waals surface area contributed by atoms with Gasteiger partial charge in [-0.2, -0.15) is 0 Å². The summed E-state index contributed by atoms with van der Waals surface area (Å²) in [5.41, 5.74) is 2.17. The van der Waals surface area contributed by atoms with E-state index >= 15 is 0 Å². The predicted octanol–water partition coefficient (Wildman–Crippen LogP) is 4.91. The molecule has 2 aromatic carbocycles. The molecule has 8 nitrogen and oxygen atoms in total. The number of hydrogen-bond donors (Lipinski definition) is 1. The Kier molecular flexibility index (Phi) is 4.46. The van der Waals surface area contributed by atoms with Crippen LogP contribution in [0.5, 0.6) is 5.75 Å². The molecule has 1 N–H and O–H groups in total. The molecule has 9 heteroatoms. The zero-order chi connectivity index (χ0) is 19.7. The van der Waals surface area contributed by atoms with E-state index in [0.29, 0.717) is 22.7 Å². The SMILES string of the molecule is O=[N+]([O-])c1cc(Cl)cc(C=Nc2ccc3oc(-c4ccncc4)nc3c2)c1O. The molecule has 0 atom stereocenters. The van der Waals surface area contributed by atoms with Crippen LogP contribution in [0.2, 0.25) is 5.02 Å². The first-order valence-electron chi connectivity index (χ1n) is 8.03. The fraction of sp³-hybridized carbons (Fsp3) is 0. The highest BCUT2D eigenvalue weighted by molar-refractivity contribution is 6.31.